The number of anilines is 1. The van der Waals surface area contributed by atoms with E-state index in [2.05, 4.69) is 17.2 Å². The molecule has 1 aromatic rings. The van der Waals surface area contributed by atoms with E-state index >= 15 is 0 Å². The third-order valence-electron chi connectivity index (χ3n) is 3.35. The van der Waals surface area contributed by atoms with Gasteiger partial charge in [0.25, 0.3) is 5.91 Å². The van der Waals surface area contributed by atoms with Crippen molar-refractivity contribution in [2.24, 2.45) is 5.41 Å². The zero-order valence-corrected chi connectivity index (χ0v) is 9.49. The standard InChI is InChI=1S/C12H17N3O/c1-2-12(5-6-12)8-15-11(16)10-4-3-9(13)7-14-10/h3-4,7H,2,5-6,8,13H2,1H3,(H,15,16). The van der Waals surface area contributed by atoms with Gasteiger partial charge in [-0.25, -0.2) is 4.98 Å². The molecule has 1 aliphatic rings. The highest BCUT2D eigenvalue weighted by molar-refractivity contribution is 5.92. The quantitative estimate of drug-likeness (QED) is 0.808. The van der Waals surface area contributed by atoms with Crippen molar-refractivity contribution in [1.82, 2.24) is 10.3 Å². The minimum absolute atomic E-state index is 0.111. The van der Waals surface area contributed by atoms with E-state index in [9.17, 15) is 4.79 Å². The first-order valence-corrected chi connectivity index (χ1v) is 5.65. The molecule has 2 rings (SSSR count). The topological polar surface area (TPSA) is 68.0 Å². The highest BCUT2D eigenvalue weighted by Gasteiger charge is 2.40. The van der Waals surface area contributed by atoms with Gasteiger partial charge >= 0.3 is 0 Å². The summed E-state index contributed by atoms with van der Waals surface area (Å²) in [6.07, 6.45) is 5.07. The fourth-order valence-electron chi connectivity index (χ4n) is 1.73. The average Bonchev–Trinajstić information content (AvgIpc) is 3.08. The van der Waals surface area contributed by atoms with Gasteiger partial charge in [0.1, 0.15) is 5.69 Å². The smallest absolute Gasteiger partial charge is 0.269 e. The minimum Gasteiger partial charge on any atom is -0.397 e. The van der Waals surface area contributed by atoms with E-state index in [-0.39, 0.29) is 5.91 Å². The van der Waals surface area contributed by atoms with Crippen LogP contribution in [0.4, 0.5) is 5.69 Å². The van der Waals surface area contributed by atoms with Crippen molar-refractivity contribution < 1.29 is 4.79 Å². The molecule has 1 amide bonds. The summed E-state index contributed by atoms with van der Waals surface area (Å²) >= 11 is 0. The highest BCUT2D eigenvalue weighted by atomic mass is 16.1. The number of nitrogens with zero attached hydrogens (tertiary/aromatic N) is 1. The Hall–Kier alpha value is -1.58. The Morgan fingerprint density at radius 2 is 2.31 bits per heavy atom. The minimum atomic E-state index is -0.111. The summed E-state index contributed by atoms with van der Waals surface area (Å²) in [6.45, 7) is 2.93. The molecule has 0 saturated heterocycles. The van der Waals surface area contributed by atoms with Gasteiger partial charge in [-0.1, -0.05) is 6.92 Å². The van der Waals surface area contributed by atoms with Crippen molar-refractivity contribution in [3.63, 3.8) is 0 Å². The van der Waals surface area contributed by atoms with Gasteiger partial charge in [0.05, 0.1) is 11.9 Å². The first kappa shape index (κ1) is 10.9. The molecule has 1 fully saturated rings. The third kappa shape index (κ3) is 2.32. The monoisotopic (exact) mass is 219 g/mol. The van der Waals surface area contributed by atoms with Crippen molar-refractivity contribution >= 4 is 11.6 Å². The molecule has 0 radical (unpaired) electrons. The summed E-state index contributed by atoms with van der Waals surface area (Å²) in [6, 6.07) is 3.34. The predicted octanol–water partition coefficient (Wildman–Crippen LogP) is 1.58. The molecule has 1 aliphatic carbocycles. The van der Waals surface area contributed by atoms with Gasteiger partial charge in [0.2, 0.25) is 0 Å². The molecule has 0 bridgehead atoms. The van der Waals surface area contributed by atoms with Crippen LogP contribution in [0.5, 0.6) is 0 Å². The van der Waals surface area contributed by atoms with Crippen molar-refractivity contribution in [3.05, 3.63) is 24.0 Å². The summed E-state index contributed by atoms with van der Waals surface area (Å²) in [5, 5.41) is 2.93. The fraction of sp³-hybridized carbons (Fsp3) is 0.500. The molecular formula is C12H17N3O. The molecule has 0 spiro atoms. The first-order valence-electron chi connectivity index (χ1n) is 5.65. The van der Waals surface area contributed by atoms with Crippen molar-refractivity contribution in [3.8, 4) is 0 Å². The summed E-state index contributed by atoms with van der Waals surface area (Å²) in [5.41, 5.74) is 6.88. The Labute approximate surface area is 95.3 Å². The Bertz CT molecular complexity index is 382. The summed E-state index contributed by atoms with van der Waals surface area (Å²) in [4.78, 5) is 15.7. The number of hydrogen-bond donors (Lipinski definition) is 2. The summed E-state index contributed by atoms with van der Waals surface area (Å²) in [5.74, 6) is -0.111. The molecule has 1 heterocycles. The van der Waals surface area contributed by atoms with Gasteiger partial charge in [-0.2, -0.15) is 0 Å². The number of aromatic nitrogens is 1. The van der Waals surface area contributed by atoms with Crippen LogP contribution in [0.1, 0.15) is 36.7 Å². The SMILES string of the molecule is CCC1(CNC(=O)c2ccc(N)cn2)CC1. The Morgan fingerprint density at radius 3 is 2.81 bits per heavy atom. The molecule has 4 heteroatoms. The lowest BCUT2D eigenvalue weighted by Gasteiger charge is -2.12. The molecule has 16 heavy (non-hydrogen) atoms. The molecule has 4 nitrogen and oxygen atoms in total. The number of nitrogen functional groups attached to an aromatic ring is 1. The number of rotatable bonds is 4. The van der Waals surface area contributed by atoms with Gasteiger partial charge in [-0.15, -0.1) is 0 Å². The molecule has 1 saturated carbocycles. The normalized spacial score (nSPS) is 16.8. The molecule has 0 unspecified atom stereocenters. The van der Waals surface area contributed by atoms with E-state index in [1.165, 1.54) is 19.0 Å². The largest absolute Gasteiger partial charge is 0.397 e. The van der Waals surface area contributed by atoms with Crippen LogP contribution < -0.4 is 11.1 Å². The van der Waals surface area contributed by atoms with E-state index in [1.807, 2.05) is 0 Å². The number of nitrogens with two attached hydrogens (primary N) is 1. The van der Waals surface area contributed by atoms with Gasteiger partial charge in [-0.3, -0.25) is 4.79 Å². The molecule has 0 aliphatic heterocycles. The van der Waals surface area contributed by atoms with Crippen LogP contribution in [0, 0.1) is 5.41 Å². The lowest BCUT2D eigenvalue weighted by molar-refractivity contribution is 0.0939. The molecule has 1 aromatic heterocycles. The number of hydrogen-bond acceptors (Lipinski definition) is 3. The second kappa shape index (κ2) is 4.12. The molecule has 3 N–H and O–H groups in total. The highest BCUT2D eigenvalue weighted by Crippen LogP contribution is 2.47. The van der Waals surface area contributed by atoms with Crippen LogP contribution in [0.15, 0.2) is 18.3 Å². The van der Waals surface area contributed by atoms with E-state index in [0.29, 0.717) is 16.8 Å². The number of nitrogens with one attached hydrogen (secondary N) is 1. The molecule has 0 atom stereocenters. The molecular weight excluding hydrogens is 202 g/mol. The van der Waals surface area contributed by atoms with Crippen LogP contribution >= 0.6 is 0 Å². The van der Waals surface area contributed by atoms with Gasteiger partial charge < -0.3 is 11.1 Å². The predicted molar refractivity (Wildman–Crippen MR) is 62.9 cm³/mol. The van der Waals surface area contributed by atoms with E-state index in [4.69, 9.17) is 5.73 Å². The van der Waals surface area contributed by atoms with E-state index in [0.717, 1.165) is 13.0 Å². The lowest BCUT2D eigenvalue weighted by atomic mass is 10.0. The second-order valence-electron chi connectivity index (χ2n) is 4.51. The van der Waals surface area contributed by atoms with Crippen molar-refractivity contribution in [2.75, 3.05) is 12.3 Å². The van der Waals surface area contributed by atoms with Crippen molar-refractivity contribution in [1.29, 1.82) is 0 Å². The second-order valence-corrected chi connectivity index (χ2v) is 4.51. The number of amides is 1. The van der Waals surface area contributed by atoms with Crippen LogP contribution in [-0.2, 0) is 0 Å². The van der Waals surface area contributed by atoms with Crippen molar-refractivity contribution in [2.45, 2.75) is 26.2 Å². The Kier molecular flexibility index (Phi) is 2.81. The maximum absolute atomic E-state index is 11.7. The van der Waals surface area contributed by atoms with Crippen LogP contribution in [0.3, 0.4) is 0 Å². The maximum atomic E-state index is 11.7. The number of carbonyl (C=O) groups is 1. The van der Waals surface area contributed by atoms with E-state index < -0.39 is 0 Å². The number of carbonyl (C=O) groups excluding carboxylic acids is 1. The van der Waals surface area contributed by atoms with Gasteiger partial charge in [0.15, 0.2) is 0 Å². The van der Waals surface area contributed by atoms with Crippen LogP contribution in [0.2, 0.25) is 0 Å². The van der Waals surface area contributed by atoms with Crippen LogP contribution in [0.25, 0.3) is 0 Å². The fourth-order valence-corrected chi connectivity index (χ4v) is 1.73. The Morgan fingerprint density at radius 1 is 1.56 bits per heavy atom. The summed E-state index contributed by atoms with van der Waals surface area (Å²) in [7, 11) is 0. The third-order valence-corrected chi connectivity index (χ3v) is 3.35. The number of pyridine rings is 1. The lowest BCUT2D eigenvalue weighted by Crippen LogP contribution is -2.30. The Balaban J connectivity index is 1.91. The molecule has 86 valence electrons. The zero-order valence-electron chi connectivity index (χ0n) is 9.49. The first-order chi connectivity index (χ1) is 7.65. The summed E-state index contributed by atoms with van der Waals surface area (Å²) < 4.78 is 0. The molecule has 0 aromatic carbocycles. The maximum Gasteiger partial charge on any atom is 0.269 e. The average molecular weight is 219 g/mol. The van der Waals surface area contributed by atoms with Gasteiger partial charge in [0, 0.05) is 6.54 Å². The van der Waals surface area contributed by atoms with E-state index in [1.54, 1.807) is 12.1 Å². The van der Waals surface area contributed by atoms with Gasteiger partial charge in [-0.05, 0) is 36.8 Å². The van der Waals surface area contributed by atoms with Crippen LogP contribution in [-0.4, -0.2) is 17.4 Å². The zero-order chi connectivity index (χ0) is 11.6.